The molecule has 2 atom stereocenters. The monoisotopic (exact) mass is 379 g/mol. The van der Waals surface area contributed by atoms with Crippen LogP contribution in [0.1, 0.15) is 27.3 Å². The molecule has 1 N–H and O–H groups in total. The first-order valence-electron chi connectivity index (χ1n) is 8.83. The number of quaternary nitrogens is 1. The molecule has 0 fully saturated rings. The lowest BCUT2D eigenvalue weighted by Crippen LogP contribution is -3.12. The lowest BCUT2D eigenvalue weighted by molar-refractivity contribution is -0.942. The Labute approximate surface area is 160 Å². The van der Waals surface area contributed by atoms with Gasteiger partial charge in [0, 0.05) is 22.4 Å². The summed E-state index contributed by atoms with van der Waals surface area (Å²) >= 11 is 3.73. The van der Waals surface area contributed by atoms with Gasteiger partial charge in [-0.2, -0.15) is 0 Å². The number of benzene rings is 1. The molecule has 5 rings (SSSR count). The van der Waals surface area contributed by atoms with Gasteiger partial charge in [-0.15, -0.1) is 22.7 Å². The molecule has 1 aromatic carbocycles. The van der Waals surface area contributed by atoms with Crippen molar-refractivity contribution in [3.8, 4) is 11.3 Å². The van der Waals surface area contributed by atoms with Crippen molar-refractivity contribution in [1.29, 1.82) is 0 Å². The van der Waals surface area contributed by atoms with E-state index in [1.165, 1.54) is 20.2 Å². The Kier molecular flexibility index (Phi) is 4.21. The lowest BCUT2D eigenvalue weighted by Gasteiger charge is -2.31. The molecule has 130 valence electrons. The predicted octanol–water partition coefficient (Wildman–Crippen LogP) is 4.20. The quantitative estimate of drug-likeness (QED) is 0.576. The second kappa shape index (κ2) is 6.83. The van der Waals surface area contributed by atoms with E-state index in [1.807, 2.05) is 47.1 Å². The third-order valence-corrected chi connectivity index (χ3v) is 6.92. The minimum absolute atomic E-state index is 0.386. The molecule has 0 saturated carbocycles. The van der Waals surface area contributed by atoms with Crippen LogP contribution in [0.25, 0.3) is 11.3 Å². The number of hydrogen-bond donors (Lipinski definition) is 1. The predicted molar refractivity (Wildman–Crippen MR) is 106 cm³/mol. The largest absolute Gasteiger partial charge is 0.435 e. The third-order valence-electron chi connectivity index (χ3n) is 4.99. The summed E-state index contributed by atoms with van der Waals surface area (Å²) in [6.45, 7) is 1.92. The van der Waals surface area contributed by atoms with Crippen LogP contribution in [0, 0.1) is 0 Å². The van der Waals surface area contributed by atoms with Crippen LogP contribution in [0.4, 0.5) is 0 Å². The molecule has 0 aliphatic carbocycles. The Hall–Kier alpha value is -2.21. The van der Waals surface area contributed by atoms with Gasteiger partial charge >= 0.3 is 0 Å². The molecule has 0 radical (unpaired) electrons. The molecule has 4 aromatic rings. The minimum Gasteiger partial charge on any atom is -0.435 e. The first-order chi connectivity index (χ1) is 12.9. The van der Waals surface area contributed by atoms with Crippen molar-refractivity contribution in [3.05, 3.63) is 86.7 Å². The molecule has 1 aliphatic heterocycles. The highest BCUT2D eigenvalue weighted by atomic mass is 32.1. The van der Waals surface area contributed by atoms with Gasteiger partial charge < -0.3 is 9.32 Å². The van der Waals surface area contributed by atoms with E-state index in [9.17, 15) is 0 Å². The van der Waals surface area contributed by atoms with Gasteiger partial charge in [0.15, 0.2) is 12.3 Å². The zero-order valence-corrected chi connectivity index (χ0v) is 15.9. The molecule has 0 bridgehead atoms. The standard InChI is InChI=1S/C21H18N2OS2/c1-2-5-15(6-3-1)17-13-22-20(24-17)14-23-10-8-18-16(9-12-26-18)21(23)19-7-4-11-25-19/h1-7,9,11-13,21H,8,10,14H2/p+1/t21-/m1/s1. The molecule has 3 nitrogen and oxygen atoms in total. The van der Waals surface area contributed by atoms with Crippen molar-refractivity contribution in [2.75, 3.05) is 6.54 Å². The highest BCUT2D eigenvalue weighted by Gasteiger charge is 2.34. The summed E-state index contributed by atoms with van der Waals surface area (Å²) in [4.78, 5) is 9.04. The van der Waals surface area contributed by atoms with E-state index >= 15 is 0 Å². The van der Waals surface area contributed by atoms with Crippen LogP contribution in [-0.4, -0.2) is 11.5 Å². The summed E-state index contributed by atoms with van der Waals surface area (Å²) in [5.74, 6) is 1.67. The van der Waals surface area contributed by atoms with Crippen LogP contribution >= 0.6 is 22.7 Å². The second-order valence-electron chi connectivity index (χ2n) is 6.57. The van der Waals surface area contributed by atoms with E-state index in [-0.39, 0.29) is 0 Å². The zero-order valence-electron chi connectivity index (χ0n) is 14.2. The van der Waals surface area contributed by atoms with E-state index in [0.29, 0.717) is 6.04 Å². The highest BCUT2D eigenvalue weighted by molar-refractivity contribution is 7.10. The molecule has 0 amide bonds. The van der Waals surface area contributed by atoms with Crippen molar-refractivity contribution in [2.45, 2.75) is 19.0 Å². The first kappa shape index (κ1) is 16.0. The zero-order chi connectivity index (χ0) is 17.3. The molecule has 3 aromatic heterocycles. The summed E-state index contributed by atoms with van der Waals surface area (Å²) in [5, 5.41) is 4.40. The number of nitrogens with one attached hydrogen (secondary N) is 1. The van der Waals surface area contributed by atoms with Crippen molar-refractivity contribution >= 4 is 22.7 Å². The number of thiophene rings is 2. The second-order valence-corrected chi connectivity index (χ2v) is 8.55. The van der Waals surface area contributed by atoms with Gasteiger partial charge in [-0.1, -0.05) is 36.4 Å². The van der Waals surface area contributed by atoms with E-state index in [1.54, 1.807) is 0 Å². The van der Waals surface area contributed by atoms with E-state index in [0.717, 1.165) is 36.7 Å². The number of rotatable bonds is 4. The Bertz CT molecular complexity index is 988. The number of aromatic nitrogens is 1. The van der Waals surface area contributed by atoms with Gasteiger partial charge in [-0.05, 0) is 22.9 Å². The first-order valence-corrected chi connectivity index (χ1v) is 10.6. The van der Waals surface area contributed by atoms with Gasteiger partial charge in [0.25, 0.3) is 5.89 Å². The molecular formula is C21H19N2OS2+. The highest BCUT2D eigenvalue weighted by Crippen LogP contribution is 2.32. The van der Waals surface area contributed by atoms with E-state index in [2.05, 4.69) is 46.1 Å². The SMILES string of the molecule is c1ccc(-c2cnc(C[NH+]3CCc4sccc4[C@@H]3c3cccs3)o2)cc1. The molecular weight excluding hydrogens is 360 g/mol. The maximum atomic E-state index is 6.08. The number of hydrogen-bond acceptors (Lipinski definition) is 4. The van der Waals surface area contributed by atoms with Gasteiger partial charge in [0.1, 0.15) is 6.04 Å². The molecule has 0 saturated heterocycles. The Morgan fingerprint density at radius 1 is 1.04 bits per heavy atom. The third kappa shape index (κ3) is 2.92. The average molecular weight is 380 g/mol. The number of fused-ring (bicyclic) bond motifs is 1. The Balaban J connectivity index is 1.44. The fourth-order valence-corrected chi connectivity index (χ4v) is 5.59. The maximum Gasteiger partial charge on any atom is 0.250 e. The van der Waals surface area contributed by atoms with Crippen LogP contribution in [0.15, 0.2) is 69.9 Å². The van der Waals surface area contributed by atoms with Gasteiger partial charge in [-0.3, -0.25) is 0 Å². The van der Waals surface area contributed by atoms with Gasteiger partial charge in [0.05, 0.1) is 17.6 Å². The normalized spacial score (nSPS) is 19.4. The topological polar surface area (TPSA) is 30.5 Å². The minimum atomic E-state index is 0.386. The number of oxazole rings is 1. The molecule has 1 unspecified atom stereocenters. The van der Waals surface area contributed by atoms with Crippen molar-refractivity contribution in [2.24, 2.45) is 0 Å². The lowest BCUT2D eigenvalue weighted by atomic mass is 9.98. The summed E-state index contributed by atoms with van der Waals surface area (Å²) in [7, 11) is 0. The van der Waals surface area contributed by atoms with Gasteiger partial charge in [0.2, 0.25) is 0 Å². The number of nitrogens with zero attached hydrogens (tertiary/aromatic N) is 1. The summed E-state index contributed by atoms with van der Waals surface area (Å²) in [6, 6.07) is 17.3. The van der Waals surface area contributed by atoms with Crippen molar-refractivity contribution in [1.82, 2.24) is 4.98 Å². The molecule has 5 heteroatoms. The smallest absolute Gasteiger partial charge is 0.250 e. The molecule has 26 heavy (non-hydrogen) atoms. The van der Waals surface area contributed by atoms with Crippen LogP contribution in [0.2, 0.25) is 0 Å². The molecule has 1 aliphatic rings. The van der Waals surface area contributed by atoms with Crippen LogP contribution < -0.4 is 4.90 Å². The summed E-state index contributed by atoms with van der Waals surface area (Å²) in [5.41, 5.74) is 2.56. The van der Waals surface area contributed by atoms with Crippen LogP contribution in [0.3, 0.4) is 0 Å². The van der Waals surface area contributed by atoms with E-state index < -0.39 is 0 Å². The maximum absolute atomic E-state index is 6.08. The van der Waals surface area contributed by atoms with Crippen LogP contribution in [0.5, 0.6) is 0 Å². The van der Waals surface area contributed by atoms with Gasteiger partial charge in [-0.25, -0.2) is 4.98 Å². The molecule has 0 spiro atoms. The fourth-order valence-electron chi connectivity index (χ4n) is 3.77. The fraction of sp³-hybridized carbons (Fsp3) is 0.190. The Morgan fingerprint density at radius 2 is 1.96 bits per heavy atom. The van der Waals surface area contributed by atoms with Crippen molar-refractivity contribution in [3.63, 3.8) is 0 Å². The van der Waals surface area contributed by atoms with Crippen molar-refractivity contribution < 1.29 is 9.32 Å². The summed E-state index contributed by atoms with van der Waals surface area (Å²) < 4.78 is 6.08. The summed E-state index contributed by atoms with van der Waals surface area (Å²) in [6.07, 6.45) is 2.99. The average Bonchev–Trinajstić information content (AvgIpc) is 3.44. The van der Waals surface area contributed by atoms with E-state index in [4.69, 9.17) is 4.42 Å². The molecule has 4 heterocycles. The Morgan fingerprint density at radius 3 is 2.81 bits per heavy atom. The van der Waals surface area contributed by atoms with Crippen LogP contribution in [-0.2, 0) is 13.0 Å².